The number of halogens is 4. The topological polar surface area (TPSA) is 54.5 Å². The highest BCUT2D eigenvalue weighted by molar-refractivity contribution is 7.98. The van der Waals surface area contributed by atoms with Gasteiger partial charge >= 0.3 is 6.18 Å². The van der Waals surface area contributed by atoms with Gasteiger partial charge in [-0.2, -0.15) is 18.4 Å². The summed E-state index contributed by atoms with van der Waals surface area (Å²) in [5, 5.41) is 9.81. The minimum Gasteiger partial charge on any atom is -0.330 e. The maximum atomic E-state index is 13.2. The average molecular weight is 397 g/mol. The van der Waals surface area contributed by atoms with Gasteiger partial charge in [0.1, 0.15) is 16.9 Å². The van der Waals surface area contributed by atoms with Gasteiger partial charge in [0.2, 0.25) is 0 Å². The highest BCUT2D eigenvalue weighted by Crippen LogP contribution is 2.36. The van der Waals surface area contributed by atoms with Gasteiger partial charge < -0.3 is 4.57 Å². The Balaban J connectivity index is 1.97. The van der Waals surface area contributed by atoms with Gasteiger partial charge in [-0.05, 0) is 31.2 Å². The molecule has 9 heteroatoms. The second-order valence-electron chi connectivity index (χ2n) is 5.61. The van der Waals surface area contributed by atoms with Crippen LogP contribution in [0, 0.1) is 18.3 Å². The third kappa shape index (κ3) is 3.50. The van der Waals surface area contributed by atoms with Crippen LogP contribution in [0.15, 0.2) is 29.3 Å². The molecule has 0 saturated carbocycles. The lowest BCUT2D eigenvalue weighted by atomic mass is 10.1. The van der Waals surface area contributed by atoms with Crippen LogP contribution in [0.1, 0.15) is 22.6 Å². The van der Waals surface area contributed by atoms with Gasteiger partial charge in [0, 0.05) is 17.8 Å². The van der Waals surface area contributed by atoms with E-state index in [0.717, 1.165) is 23.3 Å². The molecule has 0 aliphatic heterocycles. The summed E-state index contributed by atoms with van der Waals surface area (Å²) in [5.41, 5.74) is 0.334. The summed E-state index contributed by atoms with van der Waals surface area (Å²) in [4.78, 5) is 8.58. The highest BCUT2D eigenvalue weighted by Gasteiger charge is 2.35. The van der Waals surface area contributed by atoms with E-state index in [1.807, 2.05) is 17.7 Å². The maximum Gasteiger partial charge on any atom is 0.417 e. The number of imidazole rings is 1. The van der Waals surface area contributed by atoms with Crippen molar-refractivity contribution in [2.45, 2.75) is 23.9 Å². The molecule has 0 unspecified atom stereocenters. The van der Waals surface area contributed by atoms with Crippen molar-refractivity contribution in [2.75, 3.05) is 0 Å². The SMILES string of the molecule is Cc1cc(C(F)(F)F)c(C#N)c(SCc2nc3cc(Cl)ccc3n2C)n1. The number of nitrogens with zero attached hydrogens (tertiary/aromatic N) is 4. The third-order valence-electron chi connectivity index (χ3n) is 3.81. The standard InChI is InChI=1S/C17H12ClF3N4S/c1-9-5-12(17(19,20)21)11(7-22)16(23-9)26-8-15-24-13-6-10(18)3-4-14(13)25(15)2/h3-6H,8H2,1-2H3. The van der Waals surface area contributed by atoms with Crippen LogP contribution < -0.4 is 0 Å². The fourth-order valence-electron chi connectivity index (χ4n) is 2.57. The first-order valence-electron chi connectivity index (χ1n) is 7.43. The van der Waals surface area contributed by atoms with E-state index < -0.39 is 17.3 Å². The minimum atomic E-state index is -4.61. The first-order chi connectivity index (χ1) is 12.2. The van der Waals surface area contributed by atoms with Crippen LogP contribution in [-0.2, 0) is 19.0 Å². The molecule has 4 nitrogen and oxygen atoms in total. The molecule has 3 aromatic rings. The lowest BCUT2D eigenvalue weighted by Gasteiger charge is -2.12. The van der Waals surface area contributed by atoms with Gasteiger partial charge in [0.25, 0.3) is 0 Å². The molecule has 0 atom stereocenters. The van der Waals surface area contributed by atoms with E-state index in [-0.39, 0.29) is 16.5 Å². The molecule has 2 aromatic heterocycles. The molecular formula is C17H12ClF3N4S. The van der Waals surface area contributed by atoms with E-state index in [4.69, 9.17) is 11.6 Å². The fraction of sp³-hybridized carbons (Fsp3) is 0.235. The Labute approximate surface area is 156 Å². The number of thioether (sulfide) groups is 1. The van der Waals surface area contributed by atoms with Crippen molar-refractivity contribution in [3.63, 3.8) is 0 Å². The predicted molar refractivity (Wildman–Crippen MR) is 94.0 cm³/mol. The second kappa shape index (κ2) is 6.82. The summed E-state index contributed by atoms with van der Waals surface area (Å²) in [6.45, 7) is 1.47. The van der Waals surface area contributed by atoms with Crippen LogP contribution in [0.25, 0.3) is 11.0 Å². The van der Waals surface area contributed by atoms with Gasteiger partial charge in [0.05, 0.1) is 27.9 Å². The van der Waals surface area contributed by atoms with Crippen molar-refractivity contribution < 1.29 is 13.2 Å². The molecule has 0 aliphatic rings. The first-order valence-corrected chi connectivity index (χ1v) is 8.79. The van der Waals surface area contributed by atoms with Gasteiger partial charge in [-0.25, -0.2) is 9.97 Å². The smallest absolute Gasteiger partial charge is 0.330 e. The molecule has 0 saturated heterocycles. The molecule has 3 rings (SSSR count). The molecule has 0 N–H and O–H groups in total. The van der Waals surface area contributed by atoms with Crippen molar-refractivity contribution in [1.29, 1.82) is 5.26 Å². The number of hydrogen-bond donors (Lipinski definition) is 0. The predicted octanol–water partition coefficient (Wildman–Crippen LogP) is 5.11. The van der Waals surface area contributed by atoms with E-state index >= 15 is 0 Å². The van der Waals surface area contributed by atoms with E-state index in [2.05, 4.69) is 9.97 Å². The lowest BCUT2D eigenvalue weighted by molar-refractivity contribution is -0.138. The quantitative estimate of drug-likeness (QED) is 0.577. The summed E-state index contributed by atoms with van der Waals surface area (Å²) in [5.74, 6) is 0.915. The van der Waals surface area contributed by atoms with Crippen molar-refractivity contribution in [3.8, 4) is 6.07 Å². The Morgan fingerprint density at radius 2 is 2.00 bits per heavy atom. The number of benzene rings is 1. The maximum absolute atomic E-state index is 13.2. The molecule has 26 heavy (non-hydrogen) atoms. The minimum absolute atomic E-state index is 0.0462. The third-order valence-corrected chi connectivity index (χ3v) is 5.01. The van der Waals surface area contributed by atoms with Crippen LogP contribution >= 0.6 is 23.4 Å². The summed E-state index contributed by atoms with van der Waals surface area (Å²) >= 11 is 7.02. The highest BCUT2D eigenvalue weighted by atomic mass is 35.5. The number of fused-ring (bicyclic) bond motifs is 1. The molecule has 2 heterocycles. The van der Waals surface area contributed by atoms with Crippen LogP contribution in [0.2, 0.25) is 5.02 Å². The van der Waals surface area contributed by atoms with Gasteiger partial charge in [-0.15, -0.1) is 0 Å². The molecule has 134 valence electrons. The normalized spacial score (nSPS) is 11.7. The Morgan fingerprint density at radius 3 is 2.65 bits per heavy atom. The molecule has 0 fully saturated rings. The van der Waals surface area contributed by atoms with Crippen molar-refractivity contribution in [2.24, 2.45) is 7.05 Å². The van der Waals surface area contributed by atoms with Crippen molar-refractivity contribution in [3.05, 3.63) is 51.9 Å². The van der Waals surface area contributed by atoms with Crippen LogP contribution in [-0.4, -0.2) is 14.5 Å². The fourth-order valence-corrected chi connectivity index (χ4v) is 3.76. The lowest BCUT2D eigenvalue weighted by Crippen LogP contribution is -2.10. The average Bonchev–Trinajstić information content (AvgIpc) is 2.86. The molecule has 0 aliphatic carbocycles. The van der Waals surface area contributed by atoms with E-state index in [0.29, 0.717) is 16.4 Å². The summed E-state index contributed by atoms with van der Waals surface area (Å²) in [6, 6.07) is 7.81. The Morgan fingerprint density at radius 1 is 1.27 bits per heavy atom. The van der Waals surface area contributed by atoms with Crippen molar-refractivity contribution in [1.82, 2.24) is 14.5 Å². The number of aromatic nitrogens is 3. The summed E-state index contributed by atoms with van der Waals surface area (Å²) < 4.78 is 41.4. The molecule has 0 radical (unpaired) electrons. The van der Waals surface area contributed by atoms with Gasteiger partial charge in [-0.1, -0.05) is 23.4 Å². The Hall–Kier alpha value is -2.24. The first kappa shape index (κ1) is 18.5. The molecule has 0 bridgehead atoms. The second-order valence-corrected chi connectivity index (χ2v) is 7.01. The van der Waals surface area contributed by atoms with Crippen LogP contribution in [0.3, 0.4) is 0 Å². The zero-order valence-corrected chi connectivity index (χ0v) is 15.3. The van der Waals surface area contributed by atoms with E-state index in [1.54, 1.807) is 18.2 Å². The number of alkyl halides is 3. The number of rotatable bonds is 3. The number of aryl methyl sites for hydroxylation is 2. The van der Waals surface area contributed by atoms with Crippen LogP contribution in [0.5, 0.6) is 0 Å². The zero-order valence-electron chi connectivity index (χ0n) is 13.7. The number of nitriles is 1. The summed E-state index contributed by atoms with van der Waals surface area (Å²) in [6.07, 6.45) is -4.61. The molecule has 0 spiro atoms. The molecule has 1 aromatic carbocycles. The van der Waals surface area contributed by atoms with E-state index in [9.17, 15) is 18.4 Å². The largest absolute Gasteiger partial charge is 0.417 e. The Kier molecular flexibility index (Phi) is 4.86. The zero-order chi connectivity index (χ0) is 19.1. The molecular weight excluding hydrogens is 385 g/mol. The van der Waals surface area contributed by atoms with Gasteiger partial charge in [0.15, 0.2) is 0 Å². The summed E-state index contributed by atoms with van der Waals surface area (Å²) in [7, 11) is 1.81. The number of hydrogen-bond acceptors (Lipinski definition) is 4. The van der Waals surface area contributed by atoms with Gasteiger partial charge in [-0.3, -0.25) is 0 Å². The monoisotopic (exact) mass is 396 g/mol. The Bertz CT molecular complexity index is 1040. The van der Waals surface area contributed by atoms with Crippen molar-refractivity contribution >= 4 is 34.4 Å². The van der Waals surface area contributed by atoms with Crippen LogP contribution in [0.4, 0.5) is 13.2 Å². The molecule has 0 amide bonds. The van der Waals surface area contributed by atoms with E-state index in [1.165, 1.54) is 6.92 Å². The number of pyridine rings is 1.